The van der Waals surface area contributed by atoms with Gasteiger partial charge in [0, 0.05) is 17.8 Å². The zero-order valence-corrected chi connectivity index (χ0v) is 9.66. The molecule has 78 valence electrons. The minimum Gasteiger partial charge on any atom is -0.313 e. The third kappa shape index (κ3) is 1.89. The number of aromatic nitrogens is 1. The van der Waals surface area contributed by atoms with Crippen LogP contribution in [0.3, 0.4) is 0 Å². The molecule has 0 N–H and O–H groups in total. The first-order valence-electron chi connectivity index (χ1n) is 5.16. The van der Waals surface area contributed by atoms with Crippen molar-refractivity contribution in [3.8, 4) is 0 Å². The fourth-order valence-corrected chi connectivity index (χ4v) is 1.70. The van der Waals surface area contributed by atoms with Gasteiger partial charge in [0.05, 0.1) is 0 Å². The van der Waals surface area contributed by atoms with Crippen molar-refractivity contribution in [3.05, 3.63) is 33.7 Å². The lowest BCUT2D eigenvalue weighted by atomic mass is 10.00. The van der Waals surface area contributed by atoms with Crippen LogP contribution in [0.25, 0.3) is 0 Å². The molecule has 0 bridgehead atoms. The van der Waals surface area contributed by atoms with Crippen molar-refractivity contribution >= 4 is 0 Å². The molecule has 2 heteroatoms. The quantitative estimate of drug-likeness (QED) is 0.708. The molecule has 0 saturated heterocycles. The van der Waals surface area contributed by atoms with Gasteiger partial charge in [0.1, 0.15) is 0 Å². The molecule has 2 nitrogen and oxygen atoms in total. The summed E-state index contributed by atoms with van der Waals surface area (Å²) in [5.41, 5.74) is 2.19. The van der Waals surface area contributed by atoms with E-state index < -0.39 is 0 Å². The van der Waals surface area contributed by atoms with Crippen molar-refractivity contribution in [3.63, 3.8) is 0 Å². The summed E-state index contributed by atoms with van der Waals surface area (Å²) in [6.07, 6.45) is 1.90. The summed E-state index contributed by atoms with van der Waals surface area (Å²) in [7, 11) is 0. The minimum atomic E-state index is 0.145. The second kappa shape index (κ2) is 3.99. The molecule has 1 aromatic rings. The van der Waals surface area contributed by atoms with Gasteiger partial charge in [0.25, 0.3) is 5.56 Å². The molecule has 0 aromatic carbocycles. The van der Waals surface area contributed by atoms with E-state index in [9.17, 15) is 4.79 Å². The molecule has 0 unspecified atom stereocenters. The van der Waals surface area contributed by atoms with Crippen LogP contribution in [0.2, 0.25) is 0 Å². The maximum Gasteiger partial charge on any atom is 0.253 e. The molecular formula is C12H19NO. The van der Waals surface area contributed by atoms with Crippen molar-refractivity contribution in [2.45, 2.75) is 46.6 Å². The van der Waals surface area contributed by atoms with E-state index in [1.165, 1.54) is 0 Å². The fraction of sp³-hybridized carbons (Fsp3) is 0.583. The van der Waals surface area contributed by atoms with Crippen LogP contribution in [0.4, 0.5) is 0 Å². The highest BCUT2D eigenvalue weighted by atomic mass is 16.1. The van der Waals surface area contributed by atoms with Crippen LogP contribution in [0.15, 0.2) is 17.1 Å². The predicted octanol–water partition coefficient (Wildman–Crippen LogP) is 2.86. The van der Waals surface area contributed by atoms with Gasteiger partial charge in [-0.1, -0.05) is 13.8 Å². The Morgan fingerprint density at radius 2 is 1.79 bits per heavy atom. The Balaban J connectivity index is 3.34. The first kappa shape index (κ1) is 11.0. The van der Waals surface area contributed by atoms with Gasteiger partial charge in [-0.15, -0.1) is 0 Å². The molecule has 1 aromatic heterocycles. The molecule has 1 heterocycles. The van der Waals surface area contributed by atoms with Crippen LogP contribution >= 0.6 is 0 Å². The van der Waals surface area contributed by atoms with E-state index in [1.807, 2.05) is 27.0 Å². The van der Waals surface area contributed by atoms with E-state index in [1.54, 1.807) is 4.57 Å². The third-order valence-electron chi connectivity index (χ3n) is 2.58. The largest absolute Gasteiger partial charge is 0.313 e. The molecule has 0 atom stereocenters. The Morgan fingerprint density at radius 1 is 1.21 bits per heavy atom. The summed E-state index contributed by atoms with van der Waals surface area (Å²) in [4.78, 5) is 11.9. The average Bonchev–Trinajstić information content (AvgIpc) is 2.08. The van der Waals surface area contributed by atoms with Crippen LogP contribution in [0.1, 0.15) is 50.8 Å². The maximum atomic E-state index is 11.9. The smallest absolute Gasteiger partial charge is 0.253 e. The van der Waals surface area contributed by atoms with E-state index in [2.05, 4.69) is 19.9 Å². The molecular weight excluding hydrogens is 174 g/mol. The Bertz CT molecular complexity index is 374. The lowest BCUT2D eigenvalue weighted by molar-refractivity contribution is 0.572. The molecule has 0 aliphatic carbocycles. The highest BCUT2D eigenvalue weighted by Crippen LogP contribution is 2.16. The van der Waals surface area contributed by atoms with Crippen LogP contribution < -0.4 is 5.56 Å². The van der Waals surface area contributed by atoms with Gasteiger partial charge < -0.3 is 4.57 Å². The zero-order valence-electron chi connectivity index (χ0n) is 9.66. The van der Waals surface area contributed by atoms with Crippen molar-refractivity contribution in [2.75, 3.05) is 0 Å². The minimum absolute atomic E-state index is 0.145. The number of rotatable bonds is 2. The number of pyridine rings is 1. The van der Waals surface area contributed by atoms with Gasteiger partial charge in [0.15, 0.2) is 0 Å². The fourth-order valence-electron chi connectivity index (χ4n) is 1.70. The van der Waals surface area contributed by atoms with E-state index in [4.69, 9.17) is 0 Å². The summed E-state index contributed by atoms with van der Waals surface area (Å²) >= 11 is 0. The molecule has 0 spiro atoms. The second-order valence-electron chi connectivity index (χ2n) is 4.36. The van der Waals surface area contributed by atoms with Crippen molar-refractivity contribution in [1.82, 2.24) is 4.57 Å². The van der Waals surface area contributed by atoms with Gasteiger partial charge in [-0.3, -0.25) is 4.79 Å². The first-order valence-corrected chi connectivity index (χ1v) is 5.16. The van der Waals surface area contributed by atoms with Gasteiger partial charge >= 0.3 is 0 Å². The molecule has 1 rings (SSSR count). The summed E-state index contributed by atoms with van der Waals surface area (Å²) in [5, 5.41) is 0. The Kier molecular flexibility index (Phi) is 3.14. The predicted molar refractivity (Wildman–Crippen MR) is 59.9 cm³/mol. The van der Waals surface area contributed by atoms with Gasteiger partial charge in [-0.25, -0.2) is 0 Å². The molecule has 0 radical (unpaired) electrons. The van der Waals surface area contributed by atoms with Crippen LogP contribution in [-0.4, -0.2) is 4.57 Å². The third-order valence-corrected chi connectivity index (χ3v) is 2.58. The SMILES string of the molecule is Cc1c(C(C)C)ccn(C(C)C)c1=O. The second-order valence-corrected chi connectivity index (χ2v) is 4.36. The van der Waals surface area contributed by atoms with Gasteiger partial charge in [-0.05, 0) is 38.3 Å². The van der Waals surface area contributed by atoms with Gasteiger partial charge in [0.2, 0.25) is 0 Å². The van der Waals surface area contributed by atoms with Gasteiger partial charge in [-0.2, -0.15) is 0 Å². The van der Waals surface area contributed by atoms with Crippen LogP contribution in [-0.2, 0) is 0 Å². The van der Waals surface area contributed by atoms with Crippen molar-refractivity contribution in [2.24, 2.45) is 0 Å². The van der Waals surface area contributed by atoms with Crippen LogP contribution in [0.5, 0.6) is 0 Å². The normalized spacial score (nSPS) is 11.4. The molecule has 14 heavy (non-hydrogen) atoms. The Morgan fingerprint density at radius 3 is 2.21 bits per heavy atom. The first-order chi connectivity index (χ1) is 6.45. The number of hydrogen-bond acceptors (Lipinski definition) is 1. The van der Waals surface area contributed by atoms with E-state index >= 15 is 0 Å². The monoisotopic (exact) mass is 193 g/mol. The lowest BCUT2D eigenvalue weighted by Gasteiger charge is -2.14. The highest BCUT2D eigenvalue weighted by molar-refractivity contribution is 5.25. The Labute approximate surface area is 85.6 Å². The topological polar surface area (TPSA) is 22.0 Å². The molecule has 0 amide bonds. The molecule has 0 fully saturated rings. The van der Waals surface area contributed by atoms with E-state index in [-0.39, 0.29) is 11.6 Å². The number of nitrogens with zero attached hydrogens (tertiary/aromatic N) is 1. The summed E-state index contributed by atoms with van der Waals surface area (Å²) in [6, 6.07) is 2.30. The lowest BCUT2D eigenvalue weighted by Crippen LogP contribution is -2.24. The number of hydrogen-bond donors (Lipinski definition) is 0. The summed E-state index contributed by atoms with van der Waals surface area (Å²) < 4.78 is 1.78. The van der Waals surface area contributed by atoms with E-state index in [0.717, 1.165) is 11.1 Å². The van der Waals surface area contributed by atoms with E-state index in [0.29, 0.717) is 5.92 Å². The van der Waals surface area contributed by atoms with Crippen LogP contribution in [0, 0.1) is 6.92 Å². The molecule has 0 aliphatic rings. The molecule has 0 saturated carbocycles. The average molecular weight is 193 g/mol. The van der Waals surface area contributed by atoms with Crippen molar-refractivity contribution in [1.29, 1.82) is 0 Å². The molecule has 0 aliphatic heterocycles. The summed E-state index contributed by atoms with van der Waals surface area (Å²) in [6.45, 7) is 10.2. The summed E-state index contributed by atoms with van der Waals surface area (Å²) in [5.74, 6) is 0.421. The highest BCUT2D eigenvalue weighted by Gasteiger charge is 2.09. The maximum absolute atomic E-state index is 11.9. The zero-order chi connectivity index (χ0) is 10.9. The standard InChI is InChI=1S/C12H19NO/c1-8(2)11-6-7-13(9(3)4)12(14)10(11)5/h6-9H,1-5H3. The van der Waals surface area contributed by atoms with Crippen molar-refractivity contribution < 1.29 is 0 Å². The Hall–Kier alpha value is -1.05.